The minimum absolute atomic E-state index is 0.246. The molecule has 170 valence electrons. The molecule has 0 fully saturated rings. The second-order valence-electron chi connectivity index (χ2n) is 7.67. The van der Waals surface area contributed by atoms with Gasteiger partial charge in [-0.15, -0.1) is 0 Å². The van der Waals surface area contributed by atoms with Crippen molar-refractivity contribution < 1.29 is 22.8 Å². The Kier molecular flexibility index (Phi) is 5.75. The third kappa shape index (κ3) is 4.64. The number of pyridine rings is 2. The largest absolute Gasteiger partial charge is 0.433 e. The fourth-order valence-electron chi connectivity index (χ4n) is 3.72. The number of benzene rings is 1. The van der Waals surface area contributed by atoms with Crippen molar-refractivity contribution in [2.75, 3.05) is 10.6 Å². The molecule has 3 aromatic rings. The Morgan fingerprint density at radius 1 is 1.12 bits per heavy atom. The number of hydrogen-bond acceptors (Lipinski definition) is 5. The molecule has 3 heterocycles. The molecule has 0 radical (unpaired) electrons. The standard InChI is InChI=1S/C23H20F3N5O2/c1-12-7-20(28-9-14-3-6-19(27-8-14)23(24,25)26)29-10-16(12)15-4-5-18(31-13(2)32)21-17(15)11-30-22(21)33/h3-8,10H,9,11H2,1-2H3,(H,28,29)(H,30,33)(H,31,32). The average Bonchev–Trinajstić information content (AvgIpc) is 3.14. The van der Waals surface area contributed by atoms with Crippen LogP contribution in [-0.4, -0.2) is 21.8 Å². The van der Waals surface area contributed by atoms with Gasteiger partial charge in [0.15, 0.2) is 0 Å². The highest BCUT2D eigenvalue weighted by Gasteiger charge is 2.32. The monoisotopic (exact) mass is 455 g/mol. The summed E-state index contributed by atoms with van der Waals surface area (Å²) in [4.78, 5) is 31.7. The van der Waals surface area contributed by atoms with Gasteiger partial charge in [0, 0.05) is 38.0 Å². The van der Waals surface area contributed by atoms with Crippen LogP contribution in [0.4, 0.5) is 24.7 Å². The number of nitrogens with one attached hydrogen (secondary N) is 3. The summed E-state index contributed by atoms with van der Waals surface area (Å²) in [6.07, 6.45) is -1.61. The Hall–Kier alpha value is -3.95. The van der Waals surface area contributed by atoms with Gasteiger partial charge in [-0.2, -0.15) is 13.2 Å². The van der Waals surface area contributed by atoms with E-state index in [0.29, 0.717) is 29.2 Å². The molecule has 3 N–H and O–H groups in total. The highest BCUT2D eigenvalue weighted by molar-refractivity contribution is 6.08. The fraction of sp³-hybridized carbons (Fsp3) is 0.217. The molecule has 1 aromatic carbocycles. The lowest BCUT2D eigenvalue weighted by atomic mass is 9.94. The van der Waals surface area contributed by atoms with E-state index in [1.54, 1.807) is 12.3 Å². The molecule has 2 amide bonds. The number of aryl methyl sites for hydroxylation is 1. The third-order valence-electron chi connectivity index (χ3n) is 5.27. The van der Waals surface area contributed by atoms with E-state index in [1.807, 2.05) is 19.1 Å². The molecule has 0 saturated carbocycles. The Labute approximate surface area is 187 Å². The quantitative estimate of drug-likeness (QED) is 0.534. The number of nitrogens with zero attached hydrogens (tertiary/aromatic N) is 2. The zero-order chi connectivity index (χ0) is 23.8. The molecule has 4 rings (SSSR count). The molecule has 10 heteroatoms. The molecule has 0 saturated heterocycles. The van der Waals surface area contributed by atoms with Gasteiger partial charge in [-0.25, -0.2) is 4.98 Å². The average molecular weight is 455 g/mol. The number of carbonyl (C=O) groups is 2. The molecule has 0 aliphatic carbocycles. The van der Waals surface area contributed by atoms with Gasteiger partial charge in [0.05, 0.1) is 11.3 Å². The second-order valence-corrected chi connectivity index (χ2v) is 7.67. The molecular formula is C23H20F3N5O2. The number of amides is 2. The molecule has 0 atom stereocenters. The van der Waals surface area contributed by atoms with Gasteiger partial charge in [0.25, 0.3) is 5.91 Å². The highest BCUT2D eigenvalue weighted by atomic mass is 19.4. The number of carbonyl (C=O) groups excluding carboxylic acids is 2. The van der Waals surface area contributed by atoms with Crippen molar-refractivity contribution >= 4 is 23.3 Å². The summed E-state index contributed by atoms with van der Waals surface area (Å²) in [6, 6.07) is 7.68. The molecule has 33 heavy (non-hydrogen) atoms. The van der Waals surface area contributed by atoms with Crippen LogP contribution in [0.3, 0.4) is 0 Å². The van der Waals surface area contributed by atoms with Crippen LogP contribution in [0.15, 0.2) is 42.7 Å². The van der Waals surface area contributed by atoms with Gasteiger partial charge >= 0.3 is 6.18 Å². The maximum atomic E-state index is 12.6. The van der Waals surface area contributed by atoms with Gasteiger partial charge in [0.1, 0.15) is 11.5 Å². The van der Waals surface area contributed by atoms with Crippen molar-refractivity contribution in [3.8, 4) is 11.1 Å². The summed E-state index contributed by atoms with van der Waals surface area (Å²) in [5.41, 5.74) is 3.90. The number of alkyl halides is 3. The summed E-state index contributed by atoms with van der Waals surface area (Å²) in [5, 5.41) is 8.56. The summed E-state index contributed by atoms with van der Waals surface area (Å²) in [5.74, 6) is 0.0441. The minimum Gasteiger partial charge on any atom is -0.366 e. The van der Waals surface area contributed by atoms with Crippen molar-refractivity contribution in [1.82, 2.24) is 15.3 Å². The fourth-order valence-corrected chi connectivity index (χ4v) is 3.72. The molecule has 1 aliphatic rings. The van der Waals surface area contributed by atoms with Gasteiger partial charge in [-0.3, -0.25) is 14.6 Å². The van der Waals surface area contributed by atoms with E-state index in [-0.39, 0.29) is 18.4 Å². The predicted octanol–water partition coefficient (Wildman–Crippen LogP) is 4.28. The van der Waals surface area contributed by atoms with E-state index in [2.05, 4.69) is 25.9 Å². The Bertz CT molecular complexity index is 1240. The van der Waals surface area contributed by atoms with Crippen LogP contribution in [0.25, 0.3) is 11.1 Å². The van der Waals surface area contributed by atoms with Crippen LogP contribution < -0.4 is 16.0 Å². The van der Waals surface area contributed by atoms with Crippen LogP contribution in [0.2, 0.25) is 0 Å². The molecule has 0 spiro atoms. The van der Waals surface area contributed by atoms with Crippen molar-refractivity contribution in [2.45, 2.75) is 33.1 Å². The van der Waals surface area contributed by atoms with Crippen LogP contribution >= 0.6 is 0 Å². The summed E-state index contributed by atoms with van der Waals surface area (Å²) in [6.45, 7) is 3.89. The summed E-state index contributed by atoms with van der Waals surface area (Å²) in [7, 11) is 0. The minimum atomic E-state index is -4.47. The van der Waals surface area contributed by atoms with Crippen LogP contribution in [0.5, 0.6) is 0 Å². The van der Waals surface area contributed by atoms with Gasteiger partial charge < -0.3 is 16.0 Å². The van der Waals surface area contributed by atoms with Crippen molar-refractivity contribution in [3.63, 3.8) is 0 Å². The topological polar surface area (TPSA) is 96.0 Å². The SMILES string of the molecule is CC(=O)Nc1ccc(-c2cnc(NCc3ccc(C(F)(F)F)nc3)cc2C)c2c1C(=O)NC2. The van der Waals surface area contributed by atoms with Gasteiger partial charge in [-0.05, 0) is 47.4 Å². The normalized spacial score (nSPS) is 12.8. The maximum absolute atomic E-state index is 12.6. The van der Waals surface area contributed by atoms with E-state index in [4.69, 9.17) is 0 Å². The molecule has 2 aromatic heterocycles. The van der Waals surface area contributed by atoms with Gasteiger partial charge in [-0.1, -0.05) is 12.1 Å². The van der Waals surface area contributed by atoms with E-state index < -0.39 is 11.9 Å². The lowest BCUT2D eigenvalue weighted by Gasteiger charge is -2.14. The van der Waals surface area contributed by atoms with Crippen molar-refractivity contribution in [2.24, 2.45) is 0 Å². The van der Waals surface area contributed by atoms with E-state index in [9.17, 15) is 22.8 Å². The number of hydrogen-bond donors (Lipinski definition) is 3. The smallest absolute Gasteiger partial charge is 0.366 e. The third-order valence-corrected chi connectivity index (χ3v) is 5.27. The molecule has 0 bridgehead atoms. The second kappa shape index (κ2) is 8.53. The lowest BCUT2D eigenvalue weighted by molar-refractivity contribution is -0.141. The van der Waals surface area contributed by atoms with Crippen LogP contribution in [-0.2, 0) is 24.1 Å². The first-order valence-electron chi connectivity index (χ1n) is 10.1. The van der Waals surface area contributed by atoms with E-state index in [1.165, 1.54) is 19.2 Å². The first-order chi connectivity index (χ1) is 15.6. The molecular weight excluding hydrogens is 435 g/mol. The number of fused-ring (bicyclic) bond motifs is 1. The summed E-state index contributed by atoms with van der Waals surface area (Å²) >= 11 is 0. The van der Waals surface area contributed by atoms with Crippen molar-refractivity contribution in [3.05, 3.63) is 70.7 Å². The first kappa shape index (κ1) is 22.3. The van der Waals surface area contributed by atoms with Crippen molar-refractivity contribution in [1.29, 1.82) is 0 Å². The maximum Gasteiger partial charge on any atom is 0.433 e. The lowest BCUT2D eigenvalue weighted by Crippen LogP contribution is -2.15. The zero-order valence-electron chi connectivity index (χ0n) is 17.8. The molecule has 1 aliphatic heterocycles. The van der Waals surface area contributed by atoms with Crippen LogP contribution in [0.1, 0.15) is 39.7 Å². The number of halogens is 3. The first-order valence-corrected chi connectivity index (χ1v) is 10.1. The zero-order valence-corrected chi connectivity index (χ0v) is 17.8. The van der Waals surface area contributed by atoms with Gasteiger partial charge in [0.2, 0.25) is 5.91 Å². The molecule has 0 unspecified atom stereocenters. The van der Waals surface area contributed by atoms with E-state index in [0.717, 1.165) is 28.3 Å². The molecule has 7 nitrogen and oxygen atoms in total. The van der Waals surface area contributed by atoms with Crippen LogP contribution in [0, 0.1) is 6.92 Å². The number of rotatable bonds is 5. The van der Waals surface area contributed by atoms with E-state index >= 15 is 0 Å². The number of aromatic nitrogens is 2. The number of anilines is 2. The summed E-state index contributed by atoms with van der Waals surface area (Å²) < 4.78 is 37.9. The Balaban J connectivity index is 1.55. The Morgan fingerprint density at radius 2 is 1.91 bits per heavy atom. The highest BCUT2D eigenvalue weighted by Crippen LogP contribution is 2.35. The predicted molar refractivity (Wildman–Crippen MR) is 116 cm³/mol. The Morgan fingerprint density at radius 3 is 2.55 bits per heavy atom.